The highest BCUT2D eigenvalue weighted by atomic mass is 16.4. The summed E-state index contributed by atoms with van der Waals surface area (Å²) in [6, 6.07) is -5.34. The Kier molecular flexibility index (Phi) is 12.1. The Bertz CT molecular complexity index is 1030. The first-order chi connectivity index (χ1) is 18.9. The quantitative estimate of drug-likeness (QED) is 0.0790. The molecule has 40 heavy (non-hydrogen) atoms. The Labute approximate surface area is 228 Å². The molecule has 0 aliphatic carbocycles. The average molecular weight is 570 g/mol. The van der Waals surface area contributed by atoms with Gasteiger partial charge in [-0.2, -0.15) is 0 Å². The first-order valence-corrected chi connectivity index (χ1v) is 12.6. The highest BCUT2D eigenvalue weighted by Crippen LogP contribution is 2.18. The van der Waals surface area contributed by atoms with Crippen molar-refractivity contribution in [3.05, 3.63) is 0 Å². The van der Waals surface area contributed by atoms with Crippen LogP contribution in [0.1, 0.15) is 32.1 Å². The van der Waals surface area contributed by atoms with Crippen LogP contribution >= 0.6 is 0 Å². The number of nitrogens with two attached hydrogens (primary N) is 2. The minimum atomic E-state index is -1.66. The molecule has 2 heterocycles. The number of rotatable bonds is 7. The first kappa shape index (κ1) is 31.7. The van der Waals surface area contributed by atoms with Gasteiger partial charge in [0, 0.05) is 13.1 Å². The van der Waals surface area contributed by atoms with E-state index in [0.717, 1.165) is 4.90 Å². The molecule has 0 saturated carbocycles. The number of carboxylic acid groups (broad SMARTS) is 1. The molecule has 0 aromatic rings. The molecule has 4 unspecified atom stereocenters. The number of nitrogens with zero attached hydrogens (tertiary/aromatic N) is 2. The fraction of sp³-hybridized carbons (Fsp3) is 0.636. The van der Waals surface area contributed by atoms with E-state index in [1.165, 1.54) is 0 Å². The summed E-state index contributed by atoms with van der Waals surface area (Å²) in [5.74, 6) is -6.56. The van der Waals surface area contributed by atoms with E-state index >= 15 is 0 Å². The number of fused-ring (bicyclic) bond motifs is 1. The van der Waals surface area contributed by atoms with Gasteiger partial charge < -0.3 is 53.2 Å². The van der Waals surface area contributed by atoms with Crippen molar-refractivity contribution >= 4 is 47.4 Å². The van der Waals surface area contributed by atoms with Crippen LogP contribution in [0.2, 0.25) is 0 Å². The molecule has 18 heteroatoms. The van der Waals surface area contributed by atoms with Gasteiger partial charge in [-0.15, -0.1) is 0 Å². The summed E-state index contributed by atoms with van der Waals surface area (Å²) in [5.41, 5.74) is 10.6. The monoisotopic (exact) mass is 569 g/mol. The van der Waals surface area contributed by atoms with E-state index in [2.05, 4.69) is 31.6 Å². The fourth-order valence-corrected chi connectivity index (χ4v) is 4.18. The van der Waals surface area contributed by atoms with E-state index < -0.39 is 91.7 Å². The number of carboxylic acids is 1. The molecule has 0 aromatic heterocycles. The third-order valence-corrected chi connectivity index (χ3v) is 6.11. The van der Waals surface area contributed by atoms with Gasteiger partial charge in [0.1, 0.15) is 24.2 Å². The van der Waals surface area contributed by atoms with Gasteiger partial charge in [0.05, 0.1) is 26.1 Å². The van der Waals surface area contributed by atoms with Crippen molar-refractivity contribution in [1.29, 1.82) is 0 Å². The third-order valence-electron chi connectivity index (χ3n) is 6.11. The minimum absolute atomic E-state index is 0.0570. The van der Waals surface area contributed by atoms with Gasteiger partial charge in [-0.1, -0.05) is 0 Å². The van der Waals surface area contributed by atoms with Crippen LogP contribution in [-0.4, -0.2) is 119 Å². The summed E-state index contributed by atoms with van der Waals surface area (Å²) in [7, 11) is 0. The van der Waals surface area contributed by atoms with E-state index in [4.69, 9.17) is 11.5 Å². The number of hydrogen-bond donors (Lipinski definition) is 9. The van der Waals surface area contributed by atoms with E-state index in [-0.39, 0.29) is 38.3 Å². The van der Waals surface area contributed by atoms with Crippen molar-refractivity contribution in [1.82, 2.24) is 31.5 Å². The average Bonchev–Trinajstić information content (AvgIpc) is 3.39. The van der Waals surface area contributed by atoms with E-state index in [9.17, 15) is 43.8 Å². The molecule has 4 atom stereocenters. The summed E-state index contributed by atoms with van der Waals surface area (Å²) in [4.78, 5) is 92.7. The Balaban J connectivity index is 2.30. The Hall–Kier alpha value is -4.48. The number of guanidine groups is 1. The largest absolute Gasteiger partial charge is 0.481 e. The summed E-state index contributed by atoms with van der Waals surface area (Å²) < 4.78 is 0. The van der Waals surface area contributed by atoms with Crippen molar-refractivity contribution < 1.29 is 43.8 Å². The molecule has 0 radical (unpaired) electrons. The minimum Gasteiger partial charge on any atom is -0.481 e. The molecule has 0 aromatic carbocycles. The smallest absolute Gasteiger partial charge is 0.305 e. The van der Waals surface area contributed by atoms with Crippen LogP contribution in [0.4, 0.5) is 0 Å². The highest BCUT2D eigenvalue weighted by Gasteiger charge is 2.38. The molecular formula is C22H35N9O9. The zero-order chi connectivity index (χ0) is 29.8. The topological polar surface area (TPSA) is 288 Å². The number of carbonyl (C=O) groups is 7. The van der Waals surface area contributed by atoms with E-state index in [0.29, 0.717) is 6.42 Å². The van der Waals surface area contributed by atoms with Gasteiger partial charge in [0.25, 0.3) is 0 Å². The summed E-state index contributed by atoms with van der Waals surface area (Å²) >= 11 is 0. The number of aliphatic carboxylic acids is 1. The number of hydrogen-bond acceptors (Lipinski definition) is 9. The molecule has 2 fully saturated rings. The van der Waals surface area contributed by atoms with Crippen LogP contribution in [0, 0.1) is 0 Å². The molecule has 11 N–H and O–H groups in total. The molecule has 6 amide bonds. The fourth-order valence-electron chi connectivity index (χ4n) is 4.18. The Morgan fingerprint density at radius 1 is 0.900 bits per heavy atom. The van der Waals surface area contributed by atoms with Crippen LogP contribution < -0.4 is 38.1 Å². The molecule has 0 bridgehead atoms. The first-order valence-electron chi connectivity index (χ1n) is 12.6. The van der Waals surface area contributed by atoms with Gasteiger partial charge in [-0.25, -0.2) is 0 Å². The van der Waals surface area contributed by atoms with Crippen molar-refractivity contribution in [2.75, 3.05) is 32.8 Å². The van der Waals surface area contributed by atoms with Gasteiger partial charge in [0.2, 0.25) is 35.4 Å². The summed E-state index contributed by atoms with van der Waals surface area (Å²) in [6.45, 7) is -1.80. The SMILES string of the molecule is NC(N)=NCCCC1NC(=O)CNC(=O)C2CCCN2C(=O)C(CO)NC(=O)C(CC(=O)O)NC(=O)CNC1=O. The van der Waals surface area contributed by atoms with Gasteiger partial charge in [-0.05, 0) is 25.7 Å². The standard InChI is InChI=1S/C22H35N9O9/c23-22(24)25-5-1-3-11-18(37)26-8-16(34)29-12(7-17(35)36)19(38)30-13(10-32)21(40)31-6-2-4-14(31)20(39)27-9-15(33)28-11/h11-14,32H,1-10H2,(H,26,37)(H,27,39)(H,28,33)(H,29,34)(H,30,38)(H,35,36)(H4,23,24,25). The van der Waals surface area contributed by atoms with Gasteiger partial charge >= 0.3 is 5.97 Å². The Morgan fingerprint density at radius 2 is 1.52 bits per heavy atom. The van der Waals surface area contributed by atoms with Crippen LogP contribution in [-0.2, 0) is 33.6 Å². The highest BCUT2D eigenvalue weighted by molar-refractivity contribution is 5.97. The zero-order valence-electron chi connectivity index (χ0n) is 21.7. The number of carbonyl (C=O) groups excluding carboxylic acids is 6. The van der Waals surface area contributed by atoms with Crippen LogP contribution in [0.15, 0.2) is 4.99 Å². The molecule has 2 rings (SSSR count). The third kappa shape index (κ3) is 9.68. The maximum atomic E-state index is 13.1. The van der Waals surface area contributed by atoms with Crippen LogP contribution in [0.3, 0.4) is 0 Å². The molecular weight excluding hydrogens is 534 g/mol. The molecule has 2 aliphatic rings. The maximum absolute atomic E-state index is 13.1. The second-order valence-corrected chi connectivity index (χ2v) is 9.16. The lowest BCUT2D eigenvalue weighted by molar-refractivity contribution is -0.144. The number of aliphatic hydroxyl groups excluding tert-OH is 1. The predicted molar refractivity (Wildman–Crippen MR) is 136 cm³/mol. The lowest BCUT2D eigenvalue weighted by Crippen LogP contribution is -2.59. The lowest BCUT2D eigenvalue weighted by Gasteiger charge is -2.29. The van der Waals surface area contributed by atoms with E-state index in [1.54, 1.807) is 0 Å². The predicted octanol–water partition coefficient (Wildman–Crippen LogP) is -5.80. The van der Waals surface area contributed by atoms with Crippen LogP contribution in [0.5, 0.6) is 0 Å². The van der Waals surface area contributed by atoms with Gasteiger partial charge in [-0.3, -0.25) is 38.6 Å². The number of aliphatic imine (C=N–C) groups is 1. The lowest BCUT2D eigenvalue weighted by atomic mass is 10.1. The van der Waals surface area contributed by atoms with Crippen molar-refractivity contribution in [3.8, 4) is 0 Å². The molecule has 0 spiro atoms. The van der Waals surface area contributed by atoms with E-state index in [1.807, 2.05) is 0 Å². The molecule has 222 valence electrons. The van der Waals surface area contributed by atoms with Crippen molar-refractivity contribution in [2.45, 2.75) is 56.3 Å². The normalized spacial score (nSPS) is 25.3. The number of nitrogens with one attached hydrogen (secondary N) is 5. The molecule has 18 nitrogen and oxygen atoms in total. The van der Waals surface area contributed by atoms with Crippen molar-refractivity contribution in [2.24, 2.45) is 16.5 Å². The summed E-state index contributed by atoms with van der Waals surface area (Å²) in [5, 5.41) is 30.5. The number of amides is 6. The number of aliphatic hydroxyl groups is 1. The van der Waals surface area contributed by atoms with Crippen LogP contribution in [0.25, 0.3) is 0 Å². The Morgan fingerprint density at radius 3 is 2.12 bits per heavy atom. The van der Waals surface area contributed by atoms with Gasteiger partial charge in [0.15, 0.2) is 5.96 Å². The summed E-state index contributed by atoms with van der Waals surface area (Å²) in [6.07, 6.45) is 0.134. The van der Waals surface area contributed by atoms with Crippen molar-refractivity contribution in [3.63, 3.8) is 0 Å². The molecule has 2 aliphatic heterocycles. The second-order valence-electron chi connectivity index (χ2n) is 9.16. The maximum Gasteiger partial charge on any atom is 0.305 e. The second kappa shape index (κ2) is 15.2. The molecule has 2 saturated heterocycles. The zero-order valence-corrected chi connectivity index (χ0v) is 21.7.